The molecule has 794 valence electrons. The number of ether oxygens (including phenoxy) is 2. The average molecular weight is 2180 g/mol. The molecule has 14 rings (SSSR count). The Hall–Kier alpha value is -10.6. The number of nitrogens with zero attached hydrogens (tertiary/aromatic N) is 8. The van der Waals surface area contributed by atoms with E-state index in [1.165, 1.54) is 104 Å². The second-order valence-electron chi connectivity index (χ2n) is 39.7. The summed E-state index contributed by atoms with van der Waals surface area (Å²) in [5.41, 5.74) is 8.94. The number of carbonyl (C=O) groups is 8. The monoisotopic (exact) mass is 2180 g/mol. The molecular weight excluding hydrogens is 2040 g/mol. The quantitative estimate of drug-likeness (QED) is 0.0253. The number of halogens is 12. The van der Waals surface area contributed by atoms with Crippen molar-refractivity contribution in [2.45, 2.75) is 177 Å². The van der Waals surface area contributed by atoms with Crippen LogP contribution in [0.4, 0.5) is 40.3 Å². The molecular formula is C113H138Cl8F4N12O10. The maximum absolute atomic E-state index is 14.1. The normalized spacial score (nSPS) is 16.8. The minimum atomic E-state index is -0.993. The second kappa shape index (κ2) is 58.6. The van der Waals surface area contributed by atoms with Gasteiger partial charge in [0, 0.05) is 125 Å². The maximum atomic E-state index is 14.1. The molecule has 10 aromatic carbocycles. The van der Waals surface area contributed by atoms with Gasteiger partial charge in [-0.1, -0.05) is 165 Å². The Morgan fingerprint density at radius 1 is 0.354 bits per heavy atom. The lowest BCUT2D eigenvalue weighted by molar-refractivity contribution is -0.136. The summed E-state index contributed by atoms with van der Waals surface area (Å²) in [4.78, 5) is 122. The van der Waals surface area contributed by atoms with Gasteiger partial charge in [-0.15, -0.1) is 96.0 Å². The minimum absolute atomic E-state index is 0. The smallest absolute Gasteiger partial charge is 0.250 e. The van der Waals surface area contributed by atoms with Crippen molar-refractivity contribution in [1.82, 2.24) is 40.9 Å². The molecule has 2 unspecified atom stereocenters. The summed E-state index contributed by atoms with van der Waals surface area (Å²) in [5.74, 6) is -2.42. The van der Waals surface area contributed by atoms with Gasteiger partial charge in [-0.3, -0.25) is 58.0 Å². The fraction of sp³-hybridized carbons (Fsp3) is 0.398. The third-order valence-corrected chi connectivity index (χ3v) is 26.3. The largest absolute Gasteiger partial charge is 0.457 e. The van der Waals surface area contributed by atoms with Crippen molar-refractivity contribution in [2.75, 3.05) is 115 Å². The minimum Gasteiger partial charge on any atom is -0.457 e. The van der Waals surface area contributed by atoms with E-state index in [4.69, 9.17) is 55.9 Å². The molecule has 8 amide bonds. The van der Waals surface area contributed by atoms with Crippen LogP contribution >= 0.6 is 96.0 Å². The zero-order valence-corrected chi connectivity index (χ0v) is 91.9. The van der Waals surface area contributed by atoms with Crippen molar-refractivity contribution in [3.05, 3.63) is 310 Å². The first-order valence-electron chi connectivity index (χ1n) is 48.7. The van der Waals surface area contributed by atoms with Crippen LogP contribution in [0.3, 0.4) is 0 Å². The van der Waals surface area contributed by atoms with Gasteiger partial charge in [0.2, 0.25) is 23.6 Å². The number of anilines is 4. The Labute approximate surface area is 908 Å². The van der Waals surface area contributed by atoms with Crippen LogP contribution in [0.15, 0.2) is 243 Å². The number of benzene rings is 10. The Morgan fingerprint density at radius 2 is 0.626 bits per heavy atom. The van der Waals surface area contributed by atoms with Gasteiger partial charge in [0.15, 0.2) is 0 Å². The lowest BCUT2D eigenvalue weighted by Gasteiger charge is -2.40. The lowest BCUT2D eigenvalue weighted by Crippen LogP contribution is -2.58. The molecule has 0 aromatic heterocycles. The lowest BCUT2D eigenvalue weighted by atomic mass is 9.88. The van der Waals surface area contributed by atoms with Gasteiger partial charge >= 0.3 is 0 Å². The molecule has 147 heavy (non-hydrogen) atoms. The van der Waals surface area contributed by atoms with Gasteiger partial charge in [-0.05, 0) is 262 Å². The Morgan fingerprint density at radius 3 is 0.912 bits per heavy atom. The van der Waals surface area contributed by atoms with Crippen LogP contribution in [0.25, 0.3) is 0 Å². The van der Waals surface area contributed by atoms with E-state index in [9.17, 15) is 55.9 Å². The van der Waals surface area contributed by atoms with Crippen LogP contribution in [0, 0.1) is 53.9 Å². The highest BCUT2D eigenvalue weighted by atomic mass is 35.5. The van der Waals surface area contributed by atoms with Crippen molar-refractivity contribution < 1.29 is 65.4 Å². The molecule has 0 spiro atoms. The SMILES string of the molecule is C[C@@H]1CN(C(=O)[C@@H](c2ccc(F)cc2)N(C(=O)CCl)c2ccc(Oc3ccccc3)cc2)CCN1.C[C@@H]1CN(C(=O)[C@H](c2ccc(F)cc2)N(C(=O)CCl)c2ccc(Oc3ccccc3)cc2)CCN1.Cc1cc(CCC(C)(C)C)ccc1N(C(=O)CCl)C(C(=O)N1CCN[C@@H](C(C)C)C1)c1ccc(F)cc1.Cc1cc(CCC(C)(C)C)ccc1N(C(=O)CCl)C(C(=O)N1C[C@@H](C)N[C@@H](C)C1)c1ccc(F)cc1.Cl.Cl.Cl.Cl. The third-order valence-electron chi connectivity index (χ3n) is 25.4. The average Bonchev–Trinajstić information content (AvgIpc) is 0.790. The molecule has 4 aliphatic heterocycles. The van der Waals surface area contributed by atoms with Gasteiger partial charge in [-0.2, -0.15) is 0 Å². The number of carbonyl (C=O) groups excluding carboxylic acids is 8. The van der Waals surface area contributed by atoms with E-state index < -0.39 is 59.3 Å². The van der Waals surface area contributed by atoms with Crippen LogP contribution < -0.4 is 50.3 Å². The van der Waals surface area contributed by atoms with Crippen LogP contribution in [-0.4, -0.2) is 193 Å². The van der Waals surface area contributed by atoms with Crippen LogP contribution in [0.2, 0.25) is 0 Å². The number of hydrogen-bond donors (Lipinski definition) is 4. The number of alkyl halides is 4. The van der Waals surface area contributed by atoms with E-state index >= 15 is 0 Å². The van der Waals surface area contributed by atoms with Crippen molar-refractivity contribution in [3.63, 3.8) is 0 Å². The first-order valence-corrected chi connectivity index (χ1v) is 50.9. The Balaban J connectivity index is 0.000000263. The zero-order chi connectivity index (χ0) is 104. The summed E-state index contributed by atoms with van der Waals surface area (Å²) < 4.78 is 66.8. The highest BCUT2D eigenvalue weighted by molar-refractivity contribution is 6.31. The molecule has 4 saturated heterocycles. The van der Waals surface area contributed by atoms with Crippen molar-refractivity contribution in [2.24, 2.45) is 16.7 Å². The first kappa shape index (κ1) is 123. The summed E-state index contributed by atoms with van der Waals surface area (Å²) in [7, 11) is 0. The van der Waals surface area contributed by atoms with Crippen molar-refractivity contribution >= 4 is 166 Å². The van der Waals surface area contributed by atoms with Gasteiger partial charge in [0.05, 0.1) is 0 Å². The number of aryl methyl sites for hydroxylation is 4. The molecule has 0 radical (unpaired) electrons. The third kappa shape index (κ3) is 35.3. The molecule has 9 atom stereocenters. The Bertz CT molecular complexity index is 5680. The summed E-state index contributed by atoms with van der Waals surface area (Å²) in [6.45, 7) is 35.6. The second-order valence-corrected chi connectivity index (χ2v) is 40.7. The molecule has 4 fully saturated rings. The predicted octanol–water partition coefficient (Wildman–Crippen LogP) is 22.7. The fourth-order valence-electron chi connectivity index (χ4n) is 18.0. The highest BCUT2D eigenvalue weighted by Crippen LogP contribution is 2.41. The van der Waals surface area contributed by atoms with Crippen molar-refractivity contribution in [1.29, 1.82) is 0 Å². The highest BCUT2D eigenvalue weighted by Gasteiger charge is 2.43. The molecule has 0 saturated carbocycles. The summed E-state index contributed by atoms with van der Waals surface area (Å²) in [6, 6.07) is 64.1. The van der Waals surface area contributed by atoms with E-state index in [2.05, 4.69) is 88.8 Å². The van der Waals surface area contributed by atoms with E-state index in [0.717, 1.165) is 36.8 Å². The molecule has 22 nitrogen and oxygen atoms in total. The summed E-state index contributed by atoms with van der Waals surface area (Å²) in [5, 5.41) is 13.5. The summed E-state index contributed by atoms with van der Waals surface area (Å²) >= 11 is 24.2. The molecule has 0 bridgehead atoms. The number of amides is 8. The number of nitrogens with one attached hydrogen (secondary N) is 4. The molecule has 0 aliphatic carbocycles. The number of rotatable bonds is 29. The standard InChI is InChI=1S/C30H41ClFN3O2.C29H39ClFN3O2.2C27H27ClFN3O3.4ClH/c1-20(2)25-19-34(16-15-33-25)29(37)28(23-8-10-24(32)11-9-23)35(27(36)18-31)26-12-7-22(17-21(26)3)13-14-30(4,5)6;1-19-15-22(13-14-29(4,5)6)7-12-25(19)34(26(35)16-30)27(23-8-10-24(31)11-9-23)28(36)33-17-20(2)32-21(3)18-33;2*1-19-18-31(16-15-30-19)27(34)26(20-7-9-21(29)10-8-20)32(25(33)17-28)22-11-13-24(14-12-22)35-23-5-3-2-4-6-23;;;;/h7-12,17,20,25,28,33H,13-16,18-19H2,1-6H3;7-12,15,20-21,27,32H,13-14,16-18H2,1-6H3;2*2-14,19,26,30H,15-18H2,1H3;4*1H/t25-,28?;20-,21+,27?;19-,26+;19-,26-;;;;/m1.11..../s1. The number of piperazine rings is 4. The first-order chi connectivity index (χ1) is 68.2. The van der Waals surface area contributed by atoms with Crippen LogP contribution in [-0.2, 0) is 51.2 Å². The van der Waals surface area contributed by atoms with E-state index in [1.807, 2.05) is 131 Å². The van der Waals surface area contributed by atoms with Gasteiger partial charge in [0.25, 0.3) is 23.6 Å². The molecule has 4 heterocycles. The maximum Gasteiger partial charge on any atom is 0.250 e. The van der Waals surface area contributed by atoms with Gasteiger partial charge in [-0.25, -0.2) is 17.6 Å². The Kier molecular flexibility index (Phi) is 49.2. The van der Waals surface area contributed by atoms with Crippen LogP contribution in [0.1, 0.15) is 165 Å². The van der Waals surface area contributed by atoms with Gasteiger partial charge < -0.3 is 50.3 Å². The number of para-hydroxylation sites is 2. The fourth-order valence-corrected chi connectivity index (χ4v) is 18.5. The zero-order valence-electron chi connectivity index (χ0n) is 85.6. The summed E-state index contributed by atoms with van der Waals surface area (Å²) in [6.07, 6.45) is 3.91. The van der Waals surface area contributed by atoms with Crippen molar-refractivity contribution in [3.8, 4) is 23.0 Å². The van der Waals surface area contributed by atoms with Gasteiger partial charge in [0.1, 0.15) is 94.0 Å². The van der Waals surface area contributed by atoms with Crippen LogP contribution in [0.5, 0.6) is 23.0 Å². The topological polar surface area (TPSA) is 229 Å². The van der Waals surface area contributed by atoms with E-state index in [1.54, 1.807) is 87.5 Å². The molecule has 34 heteroatoms. The molecule has 4 aliphatic rings. The predicted molar refractivity (Wildman–Crippen MR) is 592 cm³/mol. The number of hydrogen-bond acceptors (Lipinski definition) is 14. The molecule has 10 aromatic rings. The van der Waals surface area contributed by atoms with E-state index in [-0.39, 0.29) is 150 Å². The van der Waals surface area contributed by atoms with E-state index in [0.29, 0.717) is 146 Å². The molecule has 4 N–H and O–H groups in total.